The molecule has 1 nitrogen and oxygen atoms in total. The van der Waals surface area contributed by atoms with Gasteiger partial charge in [0.05, 0.1) is 0 Å². The summed E-state index contributed by atoms with van der Waals surface area (Å²) in [6, 6.07) is 22.0. The molecule has 2 aromatic carbocycles. The molecule has 1 heteroatoms. The van der Waals surface area contributed by atoms with E-state index in [1.54, 1.807) is 0 Å². The Bertz CT molecular complexity index is 564. The lowest BCUT2D eigenvalue weighted by Gasteiger charge is -2.40. The Morgan fingerprint density at radius 2 is 1.29 bits per heavy atom. The summed E-state index contributed by atoms with van der Waals surface area (Å²) in [5.41, 5.74) is 3.31. The number of rotatable bonds is 4. The first-order chi connectivity index (χ1) is 11.5. The maximum absolute atomic E-state index is 2.67. The molecular formula is C23H31N. The van der Waals surface area contributed by atoms with Crippen LogP contribution >= 0.6 is 0 Å². The van der Waals surface area contributed by atoms with Gasteiger partial charge in [0.15, 0.2) is 0 Å². The fourth-order valence-electron chi connectivity index (χ4n) is 4.01. The van der Waals surface area contributed by atoms with Crippen molar-refractivity contribution < 1.29 is 0 Å². The quantitative estimate of drug-likeness (QED) is 0.711. The van der Waals surface area contributed by atoms with Crippen LogP contribution in [0.4, 0.5) is 0 Å². The molecule has 0 bridgehead atoms. The first-order valence-corrected chi connectivity index (χ1v) is 9.36. The molecule has 1 heterocycles. The van der Waals surface area contributed by atoms with E-state index in [2.05, 4.69) is 86.3 Å². The van der Waals surface area contributed by atoms with Gasteiger partial charge < -0.3 is 4.90 Å². The van der Waals surface area contributed by atoms with Crippen molar-refractivity contribution in [2.75, 3.05) is 19.6 Å². The van der Waals surface area contributed by atoms with E-state index < -0.39 is 0 Å². The molecule has 1 fully saturated rings. The van der Waals surface area contributed by atoms with Gasteiger partial charge in [0, 0.05) is 12.5 Å². The molecule has 0 N–H and O–H groups in total. The van der Waals surface area contributed by atoms with Gasteiger partial charge in [-0.3, -0.25) is 0 Å². The minimum absolute atomic E-state index is 0.449. The van der Waals surface area contributed by atoms with Gasteiger partial charge >= 0.3 is 0 Å². The van der Waals surface area contributed by atoms with Crippen molar-refractivity contribution in [3.05, 3.63) is 71.8 Å². The fourth-order valence-corrected chi connectivity index (χ4v) is 4.01. The Labute approximate surface area is 147 Å². The maximum atomic E-state index is 2.67. The number of likely N-dealkylation sites (tertiary alicyclic amines) is 1. The third-order valence-corrected chi connectivity index (χ3v) is 5.66. The van der Waals surface area contributed by atoms with Crippen molar-refractivity contribution in [3.63, 3.8) is 0 Å². The van der Waals surface area contributed by atoms with E-state index >= 15 is 0 Å². The Hall–Kier alpha value is -1.60. The second-order valence-electron chi connectivity index (χ2n) is 8.31. The average Bonchev–Trinajstić information content (AvgIpc) is 2.61. The summed E-state index contributed by atoms with van der Waals surface area (Å²) in [6.07, 6.45) is 2.67. The van der Waals surface area contributed by atoms with Crippen molar-refractivity contribution in [2.24, 2.45) is 11.3 Å². The summed E-state index contributed by atoms with van der Waals surface area (Å²) < 4.78 is 0. The molecule has 0 unspecified atom stereocenters. The summed E-state index contributed by atoms with van der Waals surface area (Å²) in [4.78, 5) is 2.67. The smallest absolute Gasteiger partial charge is 0.0217 e. The molecule has 0 radical (unpaired) electrons. The van der Waals surface area contributed by atoms with Crippen molar-refractivity contribution in [1.29, 1.82) is 0 Å². The van der Waals surface area contributed by atoms with Crippen LogP contribution in [0.3, 0.4) is 0 Å². The molecule has 0 aromatic heterocycles. The third-order valence-electron chi connectivity index (χ3n) is 5.66. The topological polar surface area (TPSA) is 3.24 Å². The molecule has 0 atom stereocenters. The van der Waals surface area contributed by atoms with Gasteiger partial charge in [-0.05, 0) is 48.4 Å². The van der Waals surface area contributed by atoms with Gasteiger partial charge in [0.2, 0.25) is 0 Å². The average molecular weight is 322 g/mol. The first kappa shape index (κ1) is 17.2. The van der Waals surface area contributed by atoms with Gasteiger partial charge in [-0.1, -0.05) is 81.4 Å². The molecule has 0 amide bonds. The van der Waals surface area contributed by atoms with Crippen molar-refractivity contribution in [3.8, 4) is 0 Å². The van der Waals surface area contributed by atoms with Crippen LogP contribution in [-0.4, -0.2) is 24.5 Å². The van der Waals surface area contributed by atoms with Gasteiger partial charge in [0.25, 0.3) is 0 Å². The van der Waals surface area contributed by atoms with E-state index in [0.29, 0.717) is 11.3 Å². The number of hydrogen-bond donors (Lipinski definition) is 0. The predicted molar refractivity (Wildman–Crippen MR) is 103 cm³/mol. The Morgan fingerprint density at radius 1 is 0.833 bits per heavy atom. The molecule has 0 aliphatic carbocycles. The summed E-state index contributed by atoms with van der Waals surface area (Å²) >= 11 is 0. The molecule has 1 aliphatic heterocycles. The van der Waals surface area contributed by atoms with Crippen molar-refractivity contribution >= 4 is 0 Å². The van der Waals surface area contributed by atoms with Crippen LogP contribution in [-0.2, 0) is 0 Å². The summed E-state index contributed by atoms with van der Waals surface area (Å²) in [5.74, 6) is 1.33. The molecule has 1 aliphatic rings. The molecule has 3 rings (SSSR count). The highest BCUT2D eigenvalue weighted by Gasteiger charge is 2.29. The van der Waals surface area contributed by atoms with Gasteiger partial charge in [-0.25, -0.2) is 0 Å². The summed E-state index contributed by atoms with van der Waals surface area (Å²) in [5, 5.41) is 0. The number of hydrogen-bond acceptors (Lipinski definition) is 1. The zero-order valence-electron chi connectivity index (χ0n) is 15.4. The lowest BCUT2D eigenvalue weighted by Crippen LogP contribution is -2.40. The highest BCUT2D eigenvalue weighted by Crippen LogP contribution is 2.35. The van der Waals surface area contributed by atoms with E-state index in [1.807, 2.05) is 0 Å². The monoisotopic (exact) mass is 321 g/mol. The van der Waals surface area contributed by atoms with Crippen LogP contribution < -0.4 is 0 Å². The maximum Gasteiger partial charge on any atom is 0.0217 e. The Morgan fingerprint density at radius 3 is 1.71 bits per heavy atom. The van der Waals surface area contributed by atoms with Crippen LogP contribution in [0.15, 0.2) is 60.7 Å². The van der Waals surface area contributed by atoms with E-state index in [0.717, 1.165) is 12.5 Å². The fraction of sp³-hybridized carbons (Fsp3) is 0.478. The van der Waals surface area contributed by atoms with Gasteiger partial charge in [0.1, 0.15) is 0 Å². The highest BCUT2D eigenvalue weighted by molar-refractivity contribution is 5.32. The largest absolute Gasteiger partial charge is 0.302 e. The number of benzene rings is 2. The Kier molecular flexibility index (Phi) is 5.40. The number of nitrogens with zero attached hydrogens (tertiary/aromatic N) is 1. The second-order valence-corrected chi connectivity index (χ2v) is 8.31. The molecule has 0 spiro atoms. The van der Waals surface area contributed by atoms with Crippen LogP contribution in [0, 0.1) is 11.3 Å². The molecule has 24 heavy (non-hydrogen) atoms. The van der Waals surface area contributed by atoms with E-state index in [1.165, 1.54) is 37.1 Å². The minimum Gasteiger partial charge on any atom is -0.302 e. The zero-order valence-corrected chi connectivity index (χ0v) is 15.4. The normalized spacial score (nSPS) is 17.3. The molecule has 1 saturated heterocycles. The minimum atomic E-state index is 0.449. The first-order valence-electron chi connectivity index (χ1n) is 9.36. The van der Waals surface area contributed by atoms with Crippen LogP contribution in [0.1, 0.15) is 50.7 Å². The van der Waals surface area contributed by atoms with Crippen LogP contribution in [0.2, 0.25) is 0 Å². The summed E-state index contributed by atoms with van der Waals surface area (Å²) in [6.45, 7) is 10.8. The Balaban J connectivity index is 1.72. The van der Waals surface area contributed by atoms with E-state index in [-0.39, 0.29) is 0 Å². The van der Waals surface area contributed by atoms with E-state index in [4.69, 9.17) is 0 Å². The standard InChI is InChI=1S/C23H31N/c1-23(2,3)21-14-16-24(17-15-21)18-22(19-10-6-4-7-11-19)20-12-8-5-9-13-20/h4-13,21-22H,14-18H2,1-3H3. The third kappa shape index (κ3) is 4.27. The molecular weight excluding hydrogens is 290 g/mol. The molecule has 0 saturated carbocycles. The van der Waals surface area contributed by atoms with E-state index in [9.17, 15) is 0 Å². The second kappa shape index (κ2) is 7.53. The predicted octanol–water partition coefficient (Wildman–Crippen LogP) is 5.58. The van der Waals surface area contributed by atoms with Gasteiger partial charge in [-0.15, -0.1) is 0 Å². The lowest BCUT2D eigenvalue weighted by molar-refractivity contribution is 0.110. The molecule has 128 valence electrons. The SMILES string of the molecule is CC(C)(C)C1CCN(CC(c2ccccc2)c2ccccc2)CC1. The zero-order chi connectivity index (χ0) is 17.0. The van der Waals surface area contributed by atoms with Crippen molar-refractivity contribution in [1.82, 2.24) is 4.90 Å². The van der Waals surface area contributed by atoms with Gasteiger partial charge in [-0.2, -0.15) is 0 Å². The highest BCUT2D eigenvalue weighted by atomic mass is 15.1. The lowest BCUT2D eigenvalue weighted by atomic mass is 9.75. The summed E-state index contributed by atoms with van der Waals surface area (Å²) in [7, 11) is 0. The van der Waals surface area contributed by atoms with Crippen molar-refractivity contribution in [2.45, 2.75) is 39.5 Å². The van der Waals surface area contributed by atoms with Crippen LogP contribution in [0.5, 0.6) is 0 Å². The number of piperidine rings is 1. The molecule has 2 aromatic rings. The van der Waals surface area contributed by atoms with Crippen LogP contribution in [0.25, 0.3) is 0 Å².